The van der Waals surface area contributed by atoms with Crippen LogP contribution in [0.4, 0.5) is 0 Å². The van der Waals surface area contributed by atoms with E-state index in [9.17, 15) is 0 Å². The Kier molecular flexibility index (Phi) is 4.41. The van der Waals surface area contributed by atoms with Crippen LogP contribution in [-0.2, 0) is 17.0 Å². The van der Waals surface area contributed by atoms with Crippen molar-refractivity contribution >= 4 is 24.8 Å². The molecule has 0 N–H and O–H groups in total. The van der Waals surface area contributed by atoms with Crippen molar-refractivity contribution in [2.24, 2.45) is 0 Å². The second kappa shape index (κ2) is 3.50. The first-order chi connectivity index (χ1) is 4.59. The van der Waals surface area contributed by atoms with Crippen LogP contribution in [0.5, 0.6) is 0 Å². The summed E-state index contributed by atoms with van der Waals surface area (Å²) in [6.07, 6.45) is 8.01. The van der Waals surface area contributed by atoms with Crippen molar-refractivity contribution in [3.05, 3.63) is 21.6 Å². The Hall–Kier alpha value is 0.930. The van der Waals surface area contributed by atoms with Crippen LogP contribution < -0.4 is 0 Å². The summed E-state index contributed by atoms with van der Waals surface area (Å²) < 4.78 is 14.3. The molecule has 1 rings (SSSR count). The fourth-order valence-electron chi connectivity index (χ4n) is 1.37. The van der Waals surface area contributed by atoms with Gasteiger partial charge < -0.3 is 0 Å². The first-order valence-electron chi connectivity index (χ1n) is 4.47. The molecule has 0 fully saturated rings. The first-order valence-corrected chi connectivity index (χ1v) is 24.2. The third-order valence-electron chi connectivity index (χ3n) is 2.38. The monoisotopic (exact) mass is 392 g/mol. The molecule has 0 radical (unpaired) electrons. The van der Waals surface area contributed by atoms with Crippen molar-refractivity contribution in [3.63, 3.8) is 0 Å². The van der Waals surface area contributed by atoms with Crippen LogP contribution in [0.2, 0.25) is 23.4 Å². The van der Waals surface area contributed by atoms with Crippen molar-refractivity contribution in [1.82, 2.24) is 0 Å². The molecule has 0 heterocycles. The predicted octanol–water partition coefficient (Wildman–Crippen LogP) is 5.14. The molecular weight excluding hydrogens is 370 g/mol. The Morgan fingerprint density at radius 1 is 1.00 bits per heavy atom. The minimum atomic E-state index is -2.87. The van der Waals surface area contributed by atoms with Crippen molar-refractivity contribution in [2.75, 3.05) is 0 Å². The van der Waals surface area contributed by atoms with Crippen LogP contribution in [0.25, 0.3) is 0 Å². The first kappa shape index (κ1) is 16.4. The zero-order valence-electron chi connectivity index (χ0n) is 9.26. The SMILES string of the molecule is Cl.Cl.[CH3][Hf]([CH3])([CH3])([CH3])([CH3])[C]1=CC=CC1. The van der Waals surface area contributed by atoms with E-state index >= 15 is 0 Å². The van der Waals surface area contributed by atoms with Gasteiger partial charge in [-0.2, -0.15) is 0 Å². The fourth-order valence-corrected chi connectivity index (χ4v) is 8.80. The standard InChI is InChI=1S/C5H5.5CH3.2ClH.Hf/c1-2-4-5-3-1;;;;;;;;/h1-3H,4H2;5*1H3;2*1H;. The van der Waals surface area contributed by atoms with Gasteiger partial charge in [-0.3, -0.25) is 0 Å². The van der Waals surface area contributed by atoms with Gasteiger partial charge in [0.2, 0.25) is 0 Å². The van der Waals surface area contributed by atoms with E-state index in [1.54, 1.807) is 3.33 Å². The molecule has 3 heteroatoms. The van der Waals surface area contributed by atoms with Crippen LogP contribution in [-0.4, -0.2) is 0 Å². The van der Waals surface area contributed by atoms with Crippen LogP contribution in [0.15, 0.2) is 21.6 Å². The van der Waals surface area contributed by atoms with Gasteiger partial charge in [-0.15, -0.1) is 24.8 Å². The van der Waals surface area contributed by atoms with E-state index < -0.39 is 17.0 Å². The summed E-state index contributed by atoms with van der Waals surface area (Å²) in [4.78, 5) is 0. The molecule has 0 saturated heterocycles. The van der Waals surface area contributed by atoms with Gasteiger partial charge in [0.05, 0.1) is 0 Å². The van der Waals surface area contributed by atoms with Crippen LogP contribution in [0.1, 0.15) is 6.42 Å². The van der Waals surface area contributed by atoms with Crippen molar-refractivity contribution < 1.29 is 17.0 Å². The number of hydrogen-bond acceptors (Lipinski definition) is 0. The van der Waals surface area contributed by atoms with E-state index in [0.717, 1.165) is 0 Å². The quantitative estimate of drug-likeness (QED) is 0.543. The number of halogens is 2. The van der Waals surface area contributed by atoms with Gasteiger partial charge in [0.1, 0.15) is 0 Å². The van der Waals surface area contributed by atoms with Gasteiger partial charge in [-0.25, -0.2) is 0 Å². The Balaban J connectivity index is 0. The van der Waals surface area contributed by atoms with E-state index in [1.165, 1.54) is 6.42 Å². The van der Waals surface area contributed by atoms with Crippen LogP contribution in [0.3, 0.4) is 0 Å². The molecule has 0 spiro atoms. The van der Waals surface area contributed by atoms with Gasteiger partial charge in [0.15, 0.2) is 0 Å². The summed E-state index contributed by atoms with van der Waals surface area (Å²) in [6.45, 7) is 0. The van der Waals surface area contributed by atoms with E-state index in [1.807, 2.05) is 0 Å². The van der Waals surface area contributed by atoms with E-state index in [0.29, 0.717) is 0 Å². The third kappa shape index (κ3) is 4.80. The molecule has 0 aliphatic heterocycles. The second-order valence-electron chi connectivity index (χ2n) is 7.57. The van der Waals surface area contributed by atoms with Gasteiger partial charge in [0, 0.05) is 0 Å². The van der Waals surface area contributed by atoms with E-state index in [-0.39, 0.29) is 24.8 Å². The van der Waals surface area contributed by atoms with Crippen molar-refractivity contribution in [3.8, 4) is 0 Å². The molecule has 0 atom stereocenters. The zero-order chi connectivity index (χ0) is 8.81. The minimum absolute atomic E-state index is 0. The van der Waals surface area contributed by atoms with E-state index in [4.69, 9.17) is 0 Å². The summed E-state index contributed by atoms with van der Waals surface area (Å²) in [5, 5.41) is 0. The predicted molar refractivity (Wildman–Crippen MR) is 65.7 cm³/mol. The zero-order valence-corrected chi connectivity index (χ0v) is 14.5. The van der Waals surface area contributed by atoms with Crippen molar-refractivity contribution in [2.45, 2.75) is 29.8 Å². The Morgan fingerprint density at radius 2 is 1.46 bits per heavy atom. The van der Waals surface area contributed by atoms with Gasteiger partial charge in [-0.05, 0) is 0 Å². The Morgan fingerprint density at radius 3 is 1.62 bits per heavy atom. The van der Waals surface area contributed by atoms with Gasteiger partial charge in [-0.1, -0.05) is 0 Å². The molecule has 80 valence electrons. The third-order valence-corrected chi connectivity index (χ3v) is 15.2. The van der Waals surface area contributed by atoms with Crippen LogP contribution >= 0.6 is 24.8 Å². The Labute approximate surface area is 92.6 Å². The van der Waals surface area contributed by atoms with Crippen molar-refractivity contribution in [1.29, 1.82) is 0 Å². The summed E-state index contributed by atoms with van der Waals surface area (Å²) in [6, 6.07) is 0. The topological polar surface area (TPSA) is 0 Å². The molecule has 0 unspecified atom stereocenters. The normalized spacial score (nSPS) is 20.5. The Bertz CT molecular complexity index is 240. The molecule has 0 aromatic heterocycles. The molecule has 0 amide bonds. The molecule has 0 bridgehead atoms. The fraction of sp³-hybridized carbons (Fsp3) is 0.600. The number of hydrogen-bond donors (Lipinski definition) is 0. The average Bonchev–Trinajstić information content (AvgIpc) is 2.01. The summed E-state index contributed by atoms with van der Waals surface area (Å²) in [7, 11) is 0. The average molecular weight is 392 g/mol. The molecular formula is C10H22Cl2Hf. The molecule has 1 aliphatic rings. The summed E-state index contributed by atoms with van der Waals surface area (Å²) in [5.74, 6) is 0. The molecule has 0 aromatic carbocycles. The van der Waals surface area contributed by atoms with Gasteiger partial charge in [0.25, 0.3) is 0 Å². The maximum atomic E-state index is 2.51. The summed E-state index contributed by atoms with van der Waals surface area (Å²) >= 11 is -2.87. The van der Waals surface area contributed by atoms with Gasteiger partial charge >= 0.3 is 68.4 Å². The van der Waals surface area contributed by atoms with E-state index in [2.05, 4.69) is 41.6 Å². The maximum absolute atomic E-state index is 2.87. The number of allylic oxidation sites excluding steroid dienone is 4. The molecule has 0 aromatic rings. The summed E-state index contributed by atoms with van der Waals surface area (Å²) in [5.41, 5.74) is 0. The number of rotatable bonds is 1. The molecule has 13 heavy (non-hydrogen) atoms. The molecule has 1 aliphatic carbocycles. The second-order valence-corrected chi connectivity index (χ2v) is 54.8. The molecule has 0 saturated carbocycles. The molecule has 0 nitrogen and oxygen atoms in total. The van der Waals surface area contributed by atoms with Crippen LogP contribution in [0, 0.1) is 0 Å².